The van der Waals surface area contributed by atoms with E-state index in [1.54, 1.807) is 0 Å². The lowest BCUT2D eigenvalue weighted by atomic mass is 9.96. The van der Waals surface area contributed by atoms with Gasteiger partial charge in [0.05, 0.1) is 0 Å². The minimum absolute atomic E-state index is 1.08. The zero-order chi connectivity index (χ0) is 64.9. The van der Waals surface area contributed by atoms with Crippen LogP contribution in [0.1, 0.15) is 111 Å². The first-order valence-electron chi connectivity index (χ1n) is 34.2. The van der Waals surface area contributed by atoms with E-state index >= 15 is 0 Å². The van der Waals surface area contributed by atoms with Gasteiger partial charge in [0.25, 0.3) is 0 Å². The molecule has 0 atom stereocenters. The Morgan fingerprint density at radius 3 is 0.821 bits per heavy atom. The molecular weight excluding hydrogens is 1140 g/mol. The first kappa shape index (κ1) is 59.6. The minimum Gasteiger partial charge on any atom is -0.0616 e. The monoisotopic (exact) mass is 1220 g/mol. The van der Waals surface area contributed by atoms with Crippen molar-refractivity contribution >= 4 is 53.9 Å². The highest BCUT2D eigenvalue weighted by atomic mass is 14.3. The van der Waals surface area contributed by atoms with Gasteiger partial charge in [-0.25, -0.2) is 0 Å². The molecule has 0 amide bonds. The Labute approximate surface area is 561 Å². The molecule has 0 bridgehead atoms. The van der Waals surface area contributed by atoms with E-state index < -0.39 is 0 Å². The molecule has 0 saturated heterocycles. The Kier molecular flexibility index (Phi) is 15.0. The highest BCUT2D eigenvalue weighted by molar-refractivity contribution is 6.03. The van der Waals surface area contributed by atoms with Crippen LogP contribution in [0, 0.1) is 69.2 Å². The molecule has 0 spiro atoms. The van der Waals surface area contributed by atoms with E-state index in [0.717, 1.165) is 32.1 Å². The zero-order valence-corrected chi connectivity index (χ0v) is 56.6. The molecule has 95 heavy (non-hydrogen) atoms. The van der Waals surface area contributed by atoms with Crippen LogP contribution in [0.5, 0.6) is 0 Å². The third-order valence-electron chi connectivity index (χ3n) is 21.9. The van der Waals surface area contributed by atoms with Gasteiger partial charge < -0.3 is 0 Å². The minimum atomic E-state index is 1.08. The van der Waals surface area contributed by atoms with E-state index in [4.69, 9.17) is 0 Å². The third kappa shape index (κ3) is 10.7. The fraction of sp³-hybridized carbons (Fsp3) is 0.158. The van der Waals surface area contributed by atoms with E-state index in [1.807, 2.05) is 0 Å². The molecule has 0 N–H and O–H groups in total. The summed E-state index contributed by atoms with van der Waals surface area (Å²) in [6.07, 6.45) is 5.40. The van der Waals surface area contributed by atoms with Gasteiger partial charge in [-0.05, 0) is 334 Å². The number of fused-ring (bicyclic) bond motifs is 23. The fourth-order valence-electron chi connectivity index (χ4n) is 16.1. The van der Waals surface area contributed by atoms with Gasteiger partial charge in [0, 0.05) is 0 Å². The lowest BCUT2D eigenvalue weighted by molar-refractivity contribution is 1.23. The van der Waals surface area contributed by atoms with Crippen LogP contribution in [0.3, 0.4) is 0 Å². The average Bonchev–Trinajstić information content (AvgIpc) is 1.66. The molecule has 0 saturated carbocycles. The van der Waals surface area contributed by atoms with E-state index in [1.165, 1.54) is 221 Å². The Bertz CT molecular complexity index is 5360. The molecule has 5 aliphatic rings. The molecular formula is C95H80. The second-order valence-corrected chi connectivity index (χ2v) is 28.0. The van der Waals surface area contributed by atoms with E-state index in [9.17, 15) is 0 Å². The maximum absolute atomic E-state index is 2.36. The van der Waals surface area contributed by atoms with Gasteiger partial charge in [0.15, 0.2) is 0 Å². The quantitative estimate of drug-likeness (QED) is 0.142. The first-order chi connectivity index (χ1) is 46.2. The SMILES string of the molecule is Cc1cc2c(cc1C)-c1c(ccc3ccccc13)C2.Cc1cc2c(cc1C)-c1c(ccc3ccccc13)C2.Cc1cc2c(cc1C)-c1cc3ccccc3cc1C2.Cc1cc2c(cc1C)-c1cc3ccccc3cc1C2.Cc1cc2c(cc1C)-c1ccc3ccccc3c1C2. The molecule has 460 valence electrons. The van der Waals surface area contributed by atoms with Gasteiger partial charge in [-0.3, -0.25) is 0 Å². The Balaban J connectivity index is 0.0000000937. The Morgan fingerprint density at radius 1 is 0.168 bits per heavy atom. The topological polar surface area (TPSA) is 0 Å². The van der Waals surface area contributed by atoms with Crippen LogP contribution < -0.4 is 0 Å². The van der Waals surface area contributed by atoms with Crippen molar-refractivity contribution in [1.29, 1.82) is 0 Å². The van der Waals surface area contributed by atoms with Gasteiger partial charge in [-0.2, -0.15) is 0 Å². The van der Waals surface area contributed by atoms with E-state index in [-0.39, 0.29) is 0 Å². The normalized spacial score (nSPS) is 12.5. The summed E-state index contributed by atoms with van der Waals surface area (Å²) >= 11 is 0. The highest BCUT2D eigenvalue weighted by Crippen LogP contribution is 2.47. The summed E-state index contributed by atoms with van der Waals surface area (Å²) < 4.78 is 0. The first-order valence-corrected chi connectivity index (χ1v) is 34.2. The number of benzene rings is 15. The van der Waals surface area contributed by atoms with Gasteiger partial charge in [-0.1, -0.05) is 231 Å². The summed E-state index contributed by atoms with van der Waals surface area (Å²) in [6, 6.07) is 90.0. The van der Waals surface area contributed by atoms with Crippen LogP contribution in [0.15, 0.2) is 243 Å². The van der Waals surface area contributed by atoms with Gasteiger partial charge in [0.2, 0.25) is 0 Å². The third-order valence-corrected chi connectivity index (χ3v) is 21.9. The molecule has 0 fully saturated rings. The smallest absolute Gasteiger partial charge is 0.000718 e. The predicted molar refractivity (Wildman–Crippen MR) is 408 cm³/mol. The number of aryl methyl sites for hydroxylation is 10. The highest BCUT2D eigenvalue weighted by Gasteiger charge is 2.26. The number of hydrogen-bond donors (Lipinski definition) is 0. The van der Waals surface area contributed by atoms with Gasteiger partial charge in [-0.15, -0.1) is 0 Å². The zero-order valence-electron chi connectivity index (χ0n) is 56.6. The fourth-order valence-corrected chi connectivity index (χ4v) is 16.1. The second kappa shape index (κ2) is 23.9. The summed E-state index contributed by atoms with van der Waals surface area (Å²) in [5.74, 6) is 0. The summed E-state index contributed by atoms with van der Waals surface area (Å²) in [4.78, 5) is 0. The van der Waals surface area contributed by atoms with Crippen molar-refractivity contribution in [3.05, 3.63) is 354 Å². The maximum atomic E-state index is 2.36. The number of hydrogen-bond acceptors (Lipinski definition) is 0. The molecule has 0 aromatic heterocycles. The van der Waals surface area contributed by atoms with Crippen LogP contribution in [0.2, 0.25) is 0 Å². The van der Waals surface area contributed by atoms with Crippen LogP contribution in [0.25, 0.3) is 109 Å². The molecule has 15 aromatic rings. The molecule has 20 rings (SSSR count). The summed E-state index contributed by atoms with van der Waals surface area (Å²) in [6.45, 7) is 22.0. The molecule has 15 aromatic carbocycles. The summed E-state index contributed by atoms with van der Waals surface area (Å²) in [7, 11) is 0. The van der Waals surface area contributed by atoms with Gasteiger partial charge in [0.1, 0.15) is 0 Å². The molecule has 5 aliphatic carbocycles. The van der Waals surface area contributed by atoms with Crippen LogP contribution >= 0.6 is 0 Å². The standard InChI is InChI=1S/5C19H16/c2*1-12-7-16-10-17-9-14-5-3-4-6-15(14)11-19(17)18(16)8-13(12)2;1-12-9-15-11-19-16-6-4-3-5-14(16)7-8-17(19)18(15)10-13(12)2;2*1-12-9-16-11-15-8-7-14-5-3-4-6-17(14)19(15)18(16)10-13(12)2/h2*3-9,11H,10H2,1-2H3;3*3-10H,11H2,1-2H3. The van der Waals surface area contributed by atoms with Crippen molar-refractivity contribution in [2.45, 2.75) is 101 Å². The van der Waals surface area contributed by atoms with Crippen molar-refractivity contribution in [2.24, 2.45) is 0 Å². The summed E-state index contributed by atoms with van der Waals surface area (Å²) in [5, 5.41) is 13.6. The largest absolute Gasteiger partial charge is 0.0616 e. The Hall–Kier alpha value is -10.4. The lowest BCUT2D eigenvalue weighted by Gasteiger charge is -2.08. The molecule has 0 nitrogen and oxygen atoms in total. The average molecular weight is 1220 g/mol. The van der Waals surface area contributed by atoms with E-state index in [0.29, 0.717) is 0 Å². The van der Waals surface area contributed by atoms with Crippen LogP contribution in [-0.4, -0.2) is 0 Å². The summed E-state index contributed by atoms with van der Waals surface area (Å²) in [5.41, 5.74) is 43.1. The Morgan fingerprint density at radius 2 is 0.421 bits per heavy atom. The van der Waals surface area contributed by atoms with Crippen molar-refractivity contribution in [2.75, 3.05) is 0 Å². The molecule has 0 heteroatoms. The maximum Gasteiger partial charge on any atom is -0.000718 e. The van der Waals surface area contributed by atoms with Crippen molar-refractivity contribution in [1.82, 2.24) is 0 Å². The molecule has 0 heterocycles. The molecule has 0 unspecified atom stereocenters. The van der Waals surface area contributed by atoms with Crippen molar-refractivity contribution in [3.63, 3.8) is 0 Å². The lowest BCUT2D eigenvalue weighted by Crippen LogP contribution is -1.86. The van der Waals surface area contributed by atoms with Crippen molar-refractivity contribution in [3.8, 4) is 55.6 Å². The molecule has 0 radical (unpaired) electrons. The van der Waals surface area contributed by atoms with E-state index in [2.05, 4.69) is 312 Å². The van der Waals surface area contributed by atoms with Crippen LogP contribution in [-0.2, 0) is 32.1 Å². The predicted octanol–water partition coefficient (Wildman–Crippen LogP) is 25.1. The van der Waals surface area contributed by atoms with Gasteiger partial charge >= 0.3 is 0 Å². The second-order valence-electron chi connectivity index (χ2n) is 28.0. The van der Waals surface area contributed by atoms with Crippen molar-refractivity contribution < 1.29 is 0 Å². The number of rotatable bonds is 0. The molecule has 0 aliphatic heterocycles. The van der Waals surface area contributed by atoms with Crippen LogP contribution in [0.4, 0.5) is 0 Å².